The van der Waals surface area contributed by atoms with Crippen molar-refractivity contribution in [1.29, 1.82) is 0 Å². The molecule has 0 saturated heterocycles. The predicted molar refractivity (Wildman–Crippen MR) is 75.5 cm³/mol. The standard InChI is InChI=1S/C16H20N2/c1-11(2)13-6-8-14(9-7-13)16(17)15-5-4-10-18-12(15)3/h4-11,16H,17H2,1-3H3. The molecular weight excluding hydrogens is 220 g/mol. The summed E-state index contributed by atoms with van der Waals surface area (Å²) in [5.41, 5.74) is 10.9. The van der Waals surface area contributed by atoms with Crippen LogP contribution in [-0.4, -0.2) is 4.98 Å². The van der Waals surface area contributed by atoms with Crippen molar-refractivity contribution in [3.8, 4) is 0 Å². The fraction of sp³-hybridized carbons (Fsp3) is 0.312. The second-order valence-electron chi connectivity index (χ2n) is 4.98. The average Bonchev–Trinajstić information content (AvgIpc) is 2.38. The molecule has 2 N–H and O–H groups in total. The Morgan fingerprint density at radius 3 is 2.17 bits per heavy atom. The molecule has 2 heteroatoms. The van der Waals surface area contributed by atoms with Gasteiger partial charge in [0, 0.05) is 11.9 Å². The summed E-state index contributed by atoms with van der Waals surface area (Å²) in [6, 6.07) is 12.4. The molecule has 0 aliphatic heterocycles. The number of hydrogen-bond acceptors (Lipinski definition) is 2. The Kier molecular flexibility index (Phi) is 3.78. The lowest BCUT2D eigenvalue weighted by atomic mass is 9.95. The quantitative estimate of drug-likeness (QED) is 0.891. The zero-order chi connectivity index (χ0) is 13.1. The predicted octanol–water partition coefficient (Wildman–Crippen LogP) is 3.56. The number of aryl methyl sites for hydroxylation is 1. The average molecular weight is 240 g/mol. The second-order valence-corrected chi connectivity index (χ2v) is 4.98. The van der Waals surface area contributed by atoms with Crippen molar-refractivity contribution in [3.63, 3.8) is 0 Å². The number of rotatable bonds is 3. The van der Waals surface area contributed by atoms with Gasteiger partial charge in [-0.15, -0.1) is 0 Å². The minimum Gasteiger partial charge on any atom is -0.320 e. The lowest BCUT2D eigenvalue weighted by molar-refractivity contribution is 0.835. The van der Waals surface area contributed by atoms with Gasteiger partial charge in [0.05, 0.1) is 6.04 Å². The van der Waals surface area contributed by atoms with Crippen molar-refractivity contribution >= 4 is 0 Å². The van der Waals surface area contributed by atoms with E-state index >= 15 is 0 Å². The summed E-state index contributed by atoms with van der Waals surface area (Å²) in [6.07, 6.45) is 1.80. The van der Waals surface area contributed by atoms with Gasteiger partial charge in [-0.05, 0) is 35.6 Å². The van der Waals surface area contributed by atoms with Crippen LogP contribution in [0.15, 0.2) is 42.6 Å². The summed E-state index contributed by atoms with van der Waals surface area (Å²) in [5.74, 6) is 0.551. The van der Waals surface area contributed by atoms with E-state index in [1.54, 1.807) is 6.20 Å². The Morgan fingerprint density at radius 1 is 1.00 bits per heavy atom. The monoisotopic (exact) mass is 240 g/mol. The van der Waals surface area contributed by atoms with Gasteiger partial charge < -0.3 is 5.73 Å². The van der Waals surface area contributed by atoms with Crippen LogP contribution in [0.2, 0.25) is 0 Å². The molecule has 2 rings (SSSR count). The van der Waals surface area contributed by atoms with E-state index in [0.29, 0.717) is 5.92 Å². The Labute approximate surface area is 109 Å². The van der Waals surface area contributed by atoms with Crippen molar-refractivity contribution in [3.05, 3.63) is 65.0 Å². The summed E-state index contributed by atoms with van der Waals surface area (Å²) in [4.78, 5) is 4.29. The third kappa shape index (κ3) is 2.59. The highest BCUT2D eigenvalue weighted by Crippen LogP contribution is 2.23. The second kappa shape index (κ2) is 5.32. The van der Waals surface area contributed by atoms with Crippen LogP contribution < -0.4 is 5.73 Å². The Morgan fingerprint density at radius 2 is 1.61 bits per heavy atom. The Bertz CT molecular complexity index is 515. The lowest BCUT2D eigenvalue weighted by Crippen LogP contribution is -2.13. The molecule has 1 aromatic heterocycles. The number of hydrogen-bond donors (Lipinski definition) is 1. The molecule has 94 valence electrons. The first kappa shape index (κ1) is 12.8. The maximum absolute atomic E-state index is 6.30. The number of aromatic nitrogens is 1. The summed E-state index contributed by atoms with van der Waals surface area (Å²) in [5, 5.41) is 0. The van der Waals surface area contributed by atoms with Crippen LogP contribution >= 0.6 is 0 Å². The zero-order valence-corrected chi connectivity index (χ0v) is 11.2. The topological polar surface area (TPSA) is 38.9 Å². The van der Waals surface area contributed by atoms with Gasteiger partial charge in [-0.25, -0.2) is 0 Å². The molecule has 18 heavy (non-hydrogen) atoms. The molecule has 0 fully saturated rings. The van der Waals surface area contributed by atoms with Crippen LogP contribution in [0, 0.1) is 6.92 Å². The maximum atomic E-state index is 6.30. The molecule has 0 aliphatic carbocycles. The minimum atomic E-state index is -0.0973. The van der Waals surface area contributed by atoms with E-state index in [9.17, 15) is 0 Å². The van der Waals surface area contributed by atoms with Gasteiger partial charge in [0.15, 0.2) is 0 Å². The summed E-state index contributed by atoms with van der Waals surface area (Å²) >= 11 is 0. The van der Waals surface area contributed by atoms with Crippen molar-refractivity contribution in [1.82, 2.24) is 4.98 Å². The molecule has 1 atom stereocenters. The number of nitrogens with zero attached hydrogens (tertiary/aromatic N) is 1. The van der Waals surface area contributed by atoms with Gasteiger partial charge in [0.2, 0.25) is 0 Å². The third-order valence-electron chi connectivity index (χ3n) is 3.35. The van der Waals surface area contributed by atoms with E-state index in [0.717, 1.165) is 16.8 Å². The van der Waals surface area contributed by atoms with Gasteiger partial charge >= 0.3 is 0 Å². The number of nitrogens with two attached hydrogens (primary N) is 1. The van der Waals surface area contributed by atoms with Crippen LogP contribution in [0.25, 0.3) is 0 Å². The van der Waals surface area contributed by atoms with Gasteiger partial charge in [0.1, 0.15) is 0 Å². The Balaban J connectivity index is 2.29. The number of pyridine rings is 1. The SMILES string of the molecule is Cc1ncccc1C(N)c1ccc(C(C)C)cc1. The third-order valence-corrected chi connectivity index (χ3v) is 3.35. The lowest BCUT2D eigenvalue weighted by Gasteiger charge is -2.15. The van der Waals surface area contributed by atoms with Crippen molar-refractivity contribution in [2.24, 2.45) is 5.73 Å². The van der Waals surface area contributed by atoms with E-state index < -0.39 is 0 Å². The van der Waals surface area contributed by atoms with Gasteiger partial charge in [-0.3, -0.25) is 4.98 Å². The van der Waals surface area contributed by atoms with Gasteiger partial charge in [0.25, 0.3) is 0 Å². The minimum absolute atomic E-state index is 0.0973. The largest absolute Gasteiger partial charge is 0.320 e. The Hall–Kier alpha value is -1.67. The molecule has 0 radical (unpaired) electrons. The highest BCUT2D eigenvalue weighted by atomic mass is 14.7. The molecule has 1 unspecified atom stereocenters. The molecule has 1 heterocycles. The highest BCUT2D eigenvalue weighted by Gasteiger charge is 2.11. The molecule has 1 aromatic carbocycles. The van der Waals surface area contributed by atoms with Crippen LogP contribution in [-0.2, 0) is 0 Å². The molecule has 2 nitrogen and oxygen atoms in total. The summed E-state index contributed by atoms with van der Waals surface area (Å²) < 4.78 is 0. The van der Waals surface area contributed by atoms with Crippen LogP contribution in [0.1, 0.15) is 48.2 Å². The fourth-order valence-corrected chi connectivity index (χ4v) is 2.09. The highest BCUT2D eigenvalue weighted by molar-refractivity contribution is 5.35. The van der Waals surface area contributed by atoms with E-state index in [-0.39, 0.29) is 6.04 Å². The van der Waals surface area contributed by atoms with Gasteiger partial charge in [-0.2, -0.15) is 0 Å². The van der Waals surface area contributed by atoms with E-state index in [2.05, 4.69) is 43.1 Å². The van der Waals surface area contributed by atoms with Crippen LogP contribution in [0.5, 0.6) is 0 Å². The summed E-state index contributed by atoms with van der Waals surface area (Å²) in [7, 11) is 0. The first-order valence-corrected chi connectivity index (χ1v) is 6.36. The van der Waals surface area contributed by atoms with Crippen LogP contribution in [0.3, 0.4) is 0 Å². The van der Waals surface area contributed by atoms with E-state index in [4.69, 9.17) is 5.73 Å². The smallest absolute Gasteiger partial charge is 0.0569 e. The normalized spacial score (nSPS) is 12.7. The van der Waals surface area contributed by atoms with Crippen LogP contribution in [0.4, 0.5) is 0 Å². The molecule has 0 amide bonds. The molecule has 0 bridgehead atoms. The zero-order valence-electron chi connectivity index (χ0n) is 11.2. The molecule has 2 aromatic rings. The van der Waals surface area contributed by atoms with E-state index in [1.807, 2.05) is 19.1 Å². The first-order chi connectivity index (χ1) is 8.59. The molecule has 0 saturated carbocycles. The maximum Gasteiger partial charge on any atom is 0.0569 e. The van der Waals surface area contributed by atoms with Crippen molar-refractivity contribution in [2.45, 2.75) is 32.7 Å². The molecular formula is C16H20N2. The fourth-order valence-electron chi connectivity index (χ4n) is 2.09. The van der Waals surface area contributed by atoms with Crippen molar-refractivity contribution < 1.29 is 0 Å². The van der Waals surface area contributed by atoms with Crippen molar-refractivity contribution in [2.75, 3.05) is 0 Å². The molecule has 0 aliphatic rings. The summed E-state index contributed by atoms with van der Waals surface area (Å²) in [6.45, 7) is 6.39. The molecule has 0 spiro atoms. The van der Waals surface area contributed by atoms with Gasteiger partial charge in [-0.1, -0.05) is 44.2 Å². The van der Waals surface area contributed by atoms with E-state index in [1.165, 1.54) is 5.56 Å². The first-order valence-electron chi connectivity index (χ1n) is 6.36. The number of benzene rings is 1.